The third kappa shape index (κ3) is 9.32. The Morgan fingerprint density at radius 2 is 1.43 bits per heavy atom. The van der Waals surface area contributed by atoms with Crippen LogP contribution >= 0.6 is 0 Å². The van der Waals surface area contributed by atoms with Crippen LogP contribution in [0.4, 0.5) is 10.1 Å². The highest BCUT2D eigenvalue weighted by atomic mass is 32.2. The molecule has 0 aliphatic rings. The SMILES string of the molecule is COc1ccc(S(=O)(=O)N(CC(=O)N(Cc2cccc(OC)c2)C(Cc2ccccc2)C(=O)NC(C)(C)C)c2ccc(F)cc2)cc1. The van der Waals surface area contributed by atoms with Gasteiger partial charge in [-0.3, -0.25) is 13.9 Å². The maximum atomic E-state index is 14.5. The molecule has 4 aromatic rings. The largest absolute Gasteiger partial charge is 0.497 e. The van der Waals surface area contributed by atoms with Gasteiger partial charge in [-0.05, 0) is 92.6 Å². The number of anilines is 1. The zero-order valence-electron chi connectivity index (χ0n) is 27.1. The van der Waals surface area contributed by atoms with Gasteiger partial charge in [0.05, 0.1) is 24.8 Å². The normalized spacial score (nSPS) is 12.1. The molecule has 1 unspecified atom stereocenters. The second-order valence-corrected chi connectivity index (χ2v) is 13.8. The Balaban J connectivity index is 1.82. The summed E-state index contributed by atoms with van der Waals surface area (Å²) in [5, 5.41) is 3.00. The first-order valence-corrected chi connectivity index (χ1v) is 16.5. The van der Waals surface area contributed by atoms with E-state index in [9.17, 15) is 22.4 Å². The number of methoxy groups -OCH3 is 2. The maximum absolute atomic E-state index is 14.5. The molecule has 47 heavy (non-hydrogen) atoms. The number of ether oxygens (including phenoxy) is 2. The molecule has 9 nitrogen and oxygen atoms in total. The molecule has 0 bridgehead atoms. The first-order chi connectivity index (χ1) is 22.3. The fourth-order valence-electron chi connectivity index (χ4n) is 4.99. The second kappa shape index (κ2) is 15.1. The lowest BCUT2D eigenvalue weighted by Gasteiger charge is -2.35. The average molecular weight is 662 g/mol. The highest BCUT2D eigenvalue weighted by Crippen LogP contribution is 2.27. The molecule has 0 radical (unpaired) electrons. The molecule has 11 heteroatoms. The number of benzene rings is 4. The van der Waals surface area contributed by atoms with Crippen molar-refractivity contribution in [2.45, 2.75) is 50.2 Å². The Bertz CT molecular complexity index is 1760. The number of carbonyl (C=O) groups excluding carboxylic acids is 2. The molecule has 4 aromatic carbocycles. The van der Waals surface area contributed by atoms with Gasteiger partial charge in [-0.1, -0.05) is 42.5 Å². The van der Waals surface area contributed by atoms with Crippen molar-refractivity contribution in [1.29, 1.82) is 0 Å². The van der Waals surface area contributed by atoms with Crippen LogP contribution in [-0.4, -0.2) is 57.5 Å². The van der Waals surface area contributed by atoms with Crippen molar-refractivity contribution in [1.82, 2.24) is 10.2 Å². The van der Waals surface area contributed by atoms with E-state index in [1.807, 2.05) is 51.1 Å². The molecule has 0 fully saturated rings. The molecule has 0 saturated carbocycles. The quantitative estimate of drug-likeness (QED) is 0.200. The number of amides is 2. The van der Waals surface area contributed by atoms with Crippen molar-refractivity contribution in [3.8, 4) is 11.5 Å². The number of hydrogen-bond acceptors (Lipinski definition) is 6. The van der Waals surface area contributed by atoms with E-state index < -0.39 is 45.8 Å². The average Bonchev–Trinajstić information content (AvgIpc) is 3.05. The fraction of sp³-hybridized carbons (Fsp3) is 0.278. The van der Waals surface area contributed by atoms with Crippen molar-refractivity contribution in [2.24, 2.45) is 0 Å². The van der Waals surface area contributed by atoms with Gasteiger partial charge >= 0.3 is 0 Å². The van der Waals surface area contributed by atoms with E-state index in [0.29, 0.717) is 17.1 Å². The van der Waals surface area contributed by atoms with E-state index in [-0.39, 0.29) is 23.5 Å². The van der Waals surface area contributed by atoms with Crippen LogP contribution in [0.15, 0.2) is 108 Å². The third-order valence-electron chi connectivity index (χ3n) is 7.30. The van der Waals surface area contributed by atoms with Crippen LogP contribution in [0, 0.1) is 5.82 Å². The first-order valence-electron chi connectivity index (χ1n) is 15.0. The van der Waals surface area contributed by atoms with E-state index >= 15 is 0 Å². The molecule has 0 aliphatic heterocycles. The minimum atomic E-state index is -4.35. The molecular weight excluding hydrogens is 621 g/mol. The van der Waals surface area contributed by atoms with Gasteiger partial charge in [-0.25, -0.2) is 12.8 Å². The molecule has 1 N–H and O–H groups in total. The van der Waals surface area contributed by atoms with Gasteiger partial charge in [0.25, 0.3) is 10.0 Å². The topological polar surface area (TPSA) is 105 Å². The second-order valence-electron chi connectivity index (χ2n) is 12.0. The summed E-state index contributed by atoms with van der Waals surface area (Å²) in [4.78, 5) is 29.8. The predicted octanol–water partition coefficient (Wildman–Crippen LogP) is 5.59. The van der Waals surface area contributed by atoms with Gasteiger partial charge in [-0.15, -0.1) is 0 Å². The maximum Gasteiger partial charge on any atom is 0.264 e. The van der Waals surface area contributed by atoms with Gasteiger partial charge in [0, 0.05) is 18.5 Å². The lowest BCUT2D eigenvalue weighted by atomic mass is 10.0. The van der Waals surface area contributed by atoms with Crippen molar-refractivity contribution in [2.75, 3.05) is 25.1 Å². The fourth-order valence-corrected chi connectivity index (χ4v) is 6.40. The molecule has 248 valence electrons. The zero-order chi connectivity index (χ0) is 34.2. The van der Waals surface area contributed by atoms with Gasteiger partial charge in [0.15, 0.2) is 0 Å². The van der Waals surface area contributed by atoms with Crippen LogP contribution in [0.2, 0.25) is 0 Å². The molecule has 0 saturated heterocycles. The number of carbonyl (C=O) groups is 2. The molecular formula is C36H40FN3O6S. The Morgan fingerprint density at radius 1 is 0.809 bits per heavy atom. The zero-order valence-corrected chi connectivity index (χ0v) is 28.0. The lowest BCUT2D eigenvalue weighted by Crippen LogP contribution is -2.56. The summed E-state index contributed by atoms with van der Waals surface area (Å²) in [6.07, 6.45) is 0.167. The van der Waals surface area contributed by atoms with Gasteiger partial charge < -0.3 is 19.7 Å². The number of halogens is 1. The monoisotopic (exact) mass is 661 g/mol. The minimum absolute atomic E-state index is 0.0229. The molecule has 1 atom stereocenters. The number of hydrogen-bond donors (Lipinski definition) is 1. The Morgan fingerprint density at radius 3 is 2.02 bits per heavy atom. The van der Waals surface area contributed by atoms with Crippen molar-refractivity contribution < 1.29 is 31.9 Å². The number of nitrogens with zero attached hydrogens (tertiary/aromatic N) is 2. The molecule has 0 aromatic heterocycles. The van der Waals surface area contributed by atoms with Crippen molar-refractivity contribution in [3.05, 3.63) is 120 Å². The Kier molecular flexibility index (Phi) is 11.3. The number of nitrogens with one attached hydrogen (secondary N) is 1. The summed E-state index contributed by atoms with van der Waals surface area (Å²) in [5.41, 5.74) is 0.946. The van der Waals surface area contributed by atoms with Gasteiger partial charge in [0.2, 0.25) is 11.8 Å². The standard InChI is InChI=1S/C36H40FN3O6S/c1-36(2,3)38-35(42)33(23-26-10-7-6-8-11-26)39(24-27-12-9-13-31(22-27)46-5)34(41)25-40(29-16-14-28(37)15-17-29)47(43,44)32-20-18-30(45-4)19-21-32/h6-22,33H,23-25H2,1-5H3,(H,38,42). The van der Waals surface area contributed by atoms with Crippen LogP contribution in [-0.2, 0) is 32.6 Å². The van der Waals surface area contributed by atoms with Crippen molar-refractivity contribution >= 4 is 27.5 Å². The van der Waals surface area contributed by atoms with Crippen LogP contribution < -0.4 is 19.1 Å². The van der Waals surface area contributed by atoms with E-state index in [4.69, 9.17) is 9.47 Å². The summed E-state index contributed by atoms with van der Waals surface area (Å²) in [5.74, 6) is -0.596. The van der Waals surface area contributed by atoms with Crippen molar-refractivity contribution in [3.63, 3.8) is 0 Å². The lowest BCUT2D eigenvalue weighted by molar-refractivity contribution is -0.140. The summed E-state index contributed by atoms with van der Waals surface area (Å²) >= 11 is 0. The molecule has 4 rings (SSSR count). The van der Waals surface area contributed by atoms with E-state index in [1.54, 1.807) is 24.3 Å². The molecule has 0 spiro atoms. The van der Waals surface area contributed by atoms with Gasteiger partial charge in [-0.2, -0.15) is 0 Å². The molecule has 0 aliphatic carbocycles. The predicted molar refractivity (Wildman–Crippen MR) is 179 cm³/mol. The van der Waals surface area contributed by atoms with E-state index in [2.05, 4.69) is 5.32 Å². The Hall–Kier alpha value is -4.90. The number of rotatable bonds is 13. The van der Waals surface area contributed by atoms with Crippen LogP contribution in [0.1, 0.15) is 31.9 Å². The summed E-state index contributed by atoms with van der Waals surface area (Å²) in [6.45, 7) is 4.84. The summed E-state index contributed by atoms with van der Waals surface area (Å²) in [6, 6.07) is 25.9. The highest BCUT2D eigenvalue weighted by Gasteiger charge is 2.35. The highest BCUT2D eigenvalue weighted by molar-refractivity contribution is 7.92. The third-order valence-corrected chi connectivity index (χ3v) is 9.09. The van der Waals surface area contributed by atoms with Gasteiger partial charge in [0.1, 0.15) is 29.9 Å². The smallest absolute Gasteiger partial charge is 0.264 e. The van der Waals surface area contributed by atoms with Crippen LogP contribution in [0.3, 0.4) is 0 Å². The minimum Gasteiger partial charge on any atom is -0.497 e. The molecule has 0 heterocycles. The Labute approximate surface area is 276 Å². The number of sulfonamides is 1. The van der Waals surface area contributed by atoms with E-state index in [0.717, 1.165) is 22.0 Å². The summed E-state index contributed by atoms with van der Waals surface area (Å²) in [7, 11) is -1.36. The van der Waals surface area contributed by atoms with Crippen LogP contribution in [0.25, 0.3) is 0 Å². The summed E-state index contributed by atoms with van der Waals surface area (Å²) < 4.78 is 53.7. The van der Waals surface area contributed by atoms with E-state index in [1.165, 1.54) is 55.5 Å². The van der Waals surface area contributed by atoms with Crippen LogP contribution in [0.5, 0.6) is 11.5 Å². The first kappa shape index (κ1) is 35.0. The molecule has 2 amide bonds.